The molecule has 2 atom stereocenters. The maximum absolute atomic E-state index is 7.26. The first-order chi connectivity index (χ1) is 17.4. The van der Waals surface area contributed by atoms with E-state index in [4.69, 9.17) is 16.6 Å². The number of aryl methyl sites for hydroxylation is 2. The van der Waals surface area contributed by atoms with Crippen LogP contribution in [0.1, 0.15) is 55.5 Å². The number of fused-ring (bicyclic) bond motifs is 1. The third kappa shape index (κ3) is 4.41. The van der Waals surface area contributed by atoms with Crippen LogP contribution in [-0.4, -0.2) is 21.3 Å². The van der Waals surface area contributed by atoms with E-state index in [1.165, 1.54) is 33.5 Å². The topological polar surface area (TPSA) is 30.2 Å². The summed E-state index contributed by atoms with van der Waals surface area (Å²) in [5, 5.41) is 0.879. The van der Waals surface area contributed by atoms with Gasteiger partial charge in [-0.2, -0.15) is 0 Å². The summed E-state index contributed by atoms with van der Waals surface area (Å²) in [5.74, 6) is 0. The molecule has 2 heterocycles. The van der Waals surface area contributed by atoms with Crippen molar-refractivity contribution in [3.63, 3.8) is 0 Å². The molecule has 0 spiro atoms. The number of halogens is 1. The van der Waals surface area contributed by atoms with Crippen molar-refractivity contribution in [2.45, 2.75) is 57.9 Å². The molecule has 1 aliphatic heterocycles. The van der Waals surface area contributed by atoms with Gasteiger partial charge in [0.15, 0.2) is 0 Å². The summed E-state index contributed by atoms with van der Waals surface area (Å²) < 4.78 is 2.13. The lowest BCUT2D eigenvalue weighted by molar-refractivity contribution is 0.611. The van der Waals surface area contributed by atoms with E-state index in [2.05, 4.69) is 104 Å². The van der Waals surface area contributed by atoms with Crippen molar-refractivity contribution in [2.24, 2.45) is 12.0 Å². The highest BCUT2D eigenvalue weighted by Gasteiger charge is 2.38. The van der Waals surface area contributed by atoms with E-state index < -0.39 is 0 Å². The number of allylic oxidation sites excluding steroid dienone is 3. The molecule has 4 heteroatoms. The maximum atomic E-state index is 7.26. The molecule has 0 N–H and O–H groups in total. The molecule has 1 aliphatic carbocycles. The van der Waals surface area contributed by atoms with Crippen molar-refractivity contribution in [1.29, 1.82) is 0 Å². The van der Waals surface area contributed by atoms with E-state index in [0.29, 0.717) is 0 Å². The molecule has 2 aliphatic rings. The first kappa shape index (κ1) is 24.5. The van der Waals surface area contributed by atoms with Crippen LogP contribution in [0.25, 0.3) is 0 Å². The molecule has 0 bridgehead atoms. The Balaban J connectivity index is 1.62. The number of rotatable bonds is 7. The Labute approximate surface area is 220 Å². The minimum Gasteiger partial charge on any atom is -0.337 e. The second-order valence-corrected chi connectivity index (χ2v) is 10.6. The molecule has 184 valence electrons. The summed E-state index contributed by atoms with van der Waals surface area (Å²) in [5.41, 5.74) is 9.28. The zero-order chi connectivity index (χ0) is 25.3. The smallest absolute Gasteiger partial charge is 0.0945 e. The highest BCUT2D eigenvalue weighted by atomic mass is 35.5. The Hall–Kier alpha value is -3.17. The molecule has 3 aromatic rings. The van der Waals surface area contributed by atoms with Gasteiger partial charge in [-0.25, -0.2) is 4.98 Å². The molecule has 0 fully saturated rings. The number of benzene rings is 2. The Bertz CT molecular complexity index is 1370. The molecule has 0 saturated carbocycles. The van der Waals surface area contributed by atoms with E-state index >= 15 is 0 Å². The number of hydrogen-bond acceptors (Lipinski definition) is 2. The number of dihydropyridines is 1. The fourth-order valence-corrected chi connectivity index (χ4v) is 5.91. The van der Waals surface area contributed by atoms with Crippen molar-refractivity contribution >= 4 is 17.3 Å². The predicted molar refractivity (Wildman–Crippen MR) is 151 cm³/mol. The number of aromatic nitrogens is 2. The van der Waals surface area contributed by atoms with Crippen molar-refractivity contribution < 1.29 is 0 Å². The predicted octanol–water partition coefficient (Wildman–Crippen LogP) is 7.65. The van der Waals surface area contributed by atoms with Gasteiger partial charge in [-0.1, -0.05) is 97.3 Å². The maximum Gasteiger partial charge on any atom is 0.0945 e. The lowest BCUT2D eigenvalue weighted by Crippen LogP contribution is -2.31. The van der Waals surface area contributed by atoms with E-state index in [9.17, 15) is 0 Å². The van der Waals surface area contributed by atoms with Crippen molar-refractivity contribution in [2.75, 3.05) is 0 Å². The number of imidazole rings is 1. The van der Waals surface area contributed by atoms with Crippen LogP contribution in [0.3, 0.4) is 0 Å². The standard InChI is InChI=1S/C32H34ClN3/c1-5-9-28-26(18-23-10-7-6-8-11-23)31(33)27-19-25(16-17-29(27)35-28)32(3,30-20-34-21-36(30)4)24-14-12-22(2)13-15-24/h6-8,10-16,19-21,29H,5,9,17-18H2,1-4H3. The normalized spacial score (nSPS) is 19.2. The number of aliphatic imine (C=N–C) groups is 1. The van der Waals surface area contributed by atoms with Crippen LogP contribution < -0.4 is 0 Å². The van der Waals surface area contributed by atoms with Crippen molar-refractivity contribution in [1.82, 2.24) is 9.55 Å². The summed E-state index contributed by atoms with van der Waals surface area (Å²) in [6, 6.07) is 19.5. The monoisotopic (exact) mass is 495 g/mol. The summed E-state index contributed by atoms with van der Waals surface area (Å²) >= 11 is 7.26. The fraction of sp³-hybridized carbons (Fsp3) is 0.312. The largest absolute Gasteiger partial charge is 0.337 e. The van der Waals surface area contributed by atoms with Crippen LogP contribution in [0, 0.1) is 6.92 Å². The second kappa shape index (κ2) is 10.1. The minimum absolute atomic E-state index is 0.0797. The Morgan fingerprint density at radius 2 is 1.83 bits per heavy atom. The summed E-state index contributed by atoms with van der Waals surface area (Å²) in [4.78, 5) is 9.72. The van der Waals surface area contributed by atoms with Crippen LogP contribution in [0.5, 0.6) is 0 Å². The third-order valence-corrected chi connectivity index (χ3v) is 8.10. The molecule has 2 unspecified atom stereocenters. The Morgan fingerprint density at radius 1 is 1.08 bits per heavy atom. The Kier molecular flexibility index (Phi) is 6.85. The first-order valence-electron chi connectivity index (χ1n) is 12.9. The van der Waals surface area contributed by atoms with E-state index in [0.717, 1.165) is 42.0 Å². The molecule has 5 rings (SSSR count). The molecule has 1 aromatic heterocycles. The van der Waals surface area contributed by atoms with Crippen LogP contribution in [0.2, 0.25) is 0 Å². The van der Waals surface area contributed by atoms with Gasteiger partial charge in [0.1, 0.15) is 0 Å². The number of hydrogen-bond donors (Lipinski definition) is 0. The van der Waals surface area contributed by atoms with Crippen LogP contribution in [0.15, 0.2) is 106 Å². The van der Waals surface area contributed by atoms with Gasteiger partial charge in [0, 0.05) is 25.4 Å². The minimum atomic E-state index is -0.360. The molecule has 2 aromatic carbocycles. The summed E-state index contributed by atoms with van der Waals surface area (Å²) in [6.07, 6.45) is 12.2. The highest BCUT2D eigenvalue weighted by molar-refractivity contribution is 6.35. The quantitative estimate of drug-likeness (QED) is 0.331. The van der Waals surface area contributed by atoms with Crippen LogP contribution in [0.4, 0.5) is 0 Å². The van der Waals surface area contributed by atoms with Gasteiger partial charge in [0.05, 0.1) is 28.5 Å². The van der Waals surface area contributed by atoms with Gasteiger partial charge >= 0.3 is 0 Å². The average Bonchev–Trinajstić information content (AvgIpc) is 3.33. The zero-order valence-corrected chi connectivity index (χ0v) is 22.4. The van der Waals surface area contributed by atoms with E-state index in [-0.39, 0.29) is 11.5 Å². The molecular weight excluding hydrogens is 462 g/mol. The first-order valence-corrected chi connectivity index (χ1v) is 13.3. The average molecular weight is 496 g/mol. The molecule has 0 saturated heterocycles. The molecular formula is C32H34ClN3. The lowest BCUT2D eigenvalue weighted by Gasteiger charge is -2.36. The second-order valence-electron chi connectivity index (χ2n) is 10.2. The zero-order valence-electron chi connectivity index (χ0n) is 21.6. The molecule has 36 heavy (non-hydrogen) atoms. The number of nitrogens with zero attached hydrogens (tertiary/aromatic N) is 3. The van der Waals surface area contributed by atoms with E-state index in [1.54, 1.807) is 0 Å². The summed E-state index contributed by atoms with van der Waals surface area (Å²) in [6.45, 7) is 6.64. The summed E-state index contributed by atoms with van der Waals surface area (Å²) in [7, 11) is 2.07. The highest BCUT2D eigenvalue weighted by Crippen LogP contribution is 2.45. The van der Waals surface area contributed by atoms with Gasteiger partial charge in [-0.3, -0.25) is 4.99 Å². The van der Waals surface area contributed by atoms with Crippen molar-refractivity contribution in [3.8, 4) is 0 Å². The van der Waals surface area contributed by atoms with Gasteiger partial charge < -0.3 is 4.57 Å². The molecule has 0 radical (unpaired) electrons. The van der Waals surface area contributed by atoms with Gasteiger partial charge in [0.2, 0.25) is 0 Å². The van der Waals surface area contributed by atoms with Crippen molar-refractivity contribution in [3.05, 3.63) is 123 Å². The molecule has 3 nitrogen and oxygen atoms in total. The van der Waals surface area contributed by atoms with Crippen LogP contribution >= 0.6 is 11.6 Å². The van der Waals surface area contributed by atoms with Gasteiger partial charge in [-0.15, -0.1) is 0 Å². The lowest BCUT2D eigenvalue weighted by atomic mass is 9.70. The molecule has 0 amide bonds. The van der Waals surface area contributed by atoms with Gasteiger partial charge in [-0.05, 0) is 54.5 Å². The van der Waals surface area contributed by atoms with Crippen LogP contribution in [-0.2, 0) is 18.9 Å². The SMILES string of the molecule is CCCC1=NC2CC=C(C(C)(c3ccc(C)cc3)c3cncn3C)C=C2C(Cl)=C1Cc1ccccc1. The third-order valence-electron chi connectivity index (χ3n) is 7.66. The van der Waals surface area contributed by atoms with Gasteiger partial charge in [0.25, 0.3) is 0 Å². The Morgan fingerprint density at radius 3 is 2.50 bits per heavy atom. The van der Waals surface area contributed by atoms with E-state index in [1.807, 2.05) is 12.5 Å². The fourth-order valence-electron chi connectivity index (χ4n) is 5.56.